The molecule has 0 spiro atoms. The van der Waals surface area contributed by atoms with Crippen LogP contribution in [0, 0.1) is 0 Å². The van der Waals surface area contributed by atoms with E-state index in [1.807, 2.05) is 43.1 Å². The fourth-order valence-corrected chi connectivity index (χ4v) is 3.07. The zero-order valence-corrected chi connectivity index (χ0v) is 13.6. The molecule has 1 fully saturated rings. The van der Waals surface area contributed by atoms with Gasteiger partial charge in [0.15, 0.2) is 0 Å². The molecule has 1 aliphatic heterocycles. The van der Waals surface area contributed by atoms with E-state index in [-0.39, 0.29) is 0 Å². The lowest BCUT2D eigenvalue weighted by atomic mass is 9.98. The first-order valence-electron chi connectivity index (χ1n) is 7.85. The normalized spacial score (nSPS) is 19.3. The van der Waals surface area contributed by atoms with Crippen molar-refractivity contribution in [3.8, 4) is 0 Å². The fourth-order valence-electron chi connectivity index (χ4n) is 3.07. The van der Waals surface area contributed by atoms with Crippen molar-refractivity contribution in [1.82, 2.24) is 24.6 Å². The van der Waals surface area contributed by atoms with E-state index in [1.165, 1.54) is 18.4 Å². The maximum atomic E-state index is 4.75. The Morgan fingerprint density at radius 3 is 2.91 bits per heavy atom. The minimum Gasteiger partial charge on any atom is -0.347 e. The highest BCUT2D eigenvalue weighted by Gasteiger charge is 2.25. The highest BCUT2D eigenvalue weighted by molar-refractivity contribution is 5.28. The summed E-state index contributed by atoms with van der Waals surface area (Å²) in [5, 5.41) is 4.27. The summed E-state index contributed by atoms with van der Waals surface area (Å²) in [6, 6.07) is 2.43. The third kappa shape index (κ3) is 3.27. The second-order valence-electron chi connectivity index (χ2n) is 6.18. The Kier molecular flexibility index (Phi) is 4.38. The fraction of sp³-hybridized carbons (Fsp3) is 0.562. The number of rotatable bonds is 4. The second kappa shape index (κ2) is 6.44. The zero-order chi connectivity index (χ0) is 15.5. The van der Waals surface area contributed by atoms with E-state index >= 15 is 0 Å². The zero-order valence-electron chi connectivity index (χ0n) is 13.6. The Bertz CT molecular complexity index is 621. The summed E-state index contributed by atoms with van der Waals surface area (Å²) < 4.78 is 1.86. The maximum Gasteiger partial charge on any atom is 0.225 e. The highest BCUT2D eigenvalue weighted by atomic mass is 15.3. The molecule has 1 atom stereocenters. The number of aryl methyl sites for hydroxylation is 1. The van der Waals surface area contributed by atoms with Gasteiger partial charge in [0.05, 0.1) is 17.9 Å². The third-order valence-electron chi connectivity index (χ3n) is 4.16. The Labute approximate surface area is 131 Å². The van der Waals surface area contributed by atoms with Crippen LogP contribution in [0.4, 0.5) is 5.95 Å². The van der Waals surface area contributed by atoms with Gasteiger partial charge in [0.1, 0.15) is 0 Å². The van der Waals surface area contributed by atoms with E-state index in [9.17, 15) is 0 Å². The molecule has 2 aromatic heterocycles. The molecule has 6 heteroatoms. The molecular weight excluding hydrogens is 276 g/mol. The standard InChI is InChI=1S/C16H24N6/c1-20(2)16-17-8-7-14(19-16)15-6-4-5-9-22(15)12-13-10-18-21(3)11-13/h7-8,10-11,15H,4-6,9,12H2,1-3H3/t15-/m0/s1. The van der Waals surface area contributed by atoms with Gasteiger partial charge in [0.25, 0.3) is 0 Å². The van der Waals surface area contributed by atoms with Gasteiger partial charge in [-0.2, -0.15) is 5.10 Å². The van der Waals surface area contributed by atoms with Crippen LogP contribution in [0.5, 0.6) is 0 Å². The quantitative estimate of drug-likeness (QED) is 0.864. The van der Waals surface area contributed by atoms with Crippen molar-refractivity contribution in [2.24, 2.45) is 7.05 Å². The van der Waals surface area contributed by atoms with Gasteiger partial charge in [-0.05, 0) is 25.5 Å². The van der Waals surface area contributed by atoms with Gasteiger partial charge in [-0.15, -0.1) is 0 Å². The molecule has 0 aromatic carbocycles. The van der Waals surface area contributed by atoms with Gasteiger partial charge in [-0.1, -0.05) is 6.42 Å². The van der Waals surface area contributed by atoms with Gasteiger partial charge in [-0.25, -0.2) is 9.97 Å². The van der Waals surface area contributed by atoms with Crippen molar-refractivity contribution in [3.63, 3.8) is 0 Å². The number of anilines is 1. The molecule has 0 bridgehead atoms. The van der Waals surface area contributed by atoms with Crippen molar-refractivity contribution in [1.29, 1.82) is 0 Å². The monoisotopic (exact) mass is 300 g/mol. The number of likely N-dealkylation sites (tertiary alicyclic amines) is 1. The average Bonchev–Trinajstić information content (AvgIpc) is 2.93. The van der Waals surface area contributed by atoms with Crippen LogP contribution < -0.4 is 4.90 Å². The number of nitrogens with zero attached hydrogens (tertiary/aromatic N) is 6. The lowest BCUT2D eigenvalue weighted by molar-refractivity contribution is 0.137. The van der Waals surface area contributed by atoms with Crippen molar-refractivity contribution in [2.45, 2.75) is 31.8 Å². The molecule has 1 aliphatic rings. The van der Waals surface area contributed by atoms with Crippen LogP contribution in [0.15, 0.2) is 24.7 Å². The minimum absolute atomic E-state index is 0.371. The molecule has 6 nitrogen and oxygen atoms in total. The molecule has 0 saturated carbocycles. The highest BCUT2D eigenvalue weighted by Crippen LogP contribution is 2.31. The van der Waals surface area contributed by atoms with Gasteiger partial charge in [-0.3, -0.25) is 9.58 Å². The van der Waals surface area contributed by atoms with Crippen LogP contribution in [0.25, 0.3) is 0 Å². The molecule has 0 radical (unpaired) electrons. The molecule has 3 rings (SSSR count). The summed E-state index contributed by atoms with van der Waals surface area (Å²) >= 11 is 0. The molecule has 118 valence electrons. The summed E-state index contributed by atoms with van der Waals surface area (Å²) in [7, 11) is 5.92. The molecule has 0 aliphatic carbocycles. The summed E-state index contributed by atoms with van der Waals surface area (Å²) in [5.41, 5.74) is 2.39. The van der Waals surface area contributed by atoms with Crippen LogP contribution in [0.1, 0.15) is 36.6 Å². The molecule has 0 amide bonds. The van der Waals surface area contributed by atoms with Crippen LogP contribution in [0.3, 0.4) is 0 Å². The van der Waals surface area contributed by atoms with Crippen molar-refractivity contribution < 1.29 is 0 Å². The Morgan fingerprint density at radius 2 is 2.18 bits per heavy atom. The molecule has 3 heterocycles. The van der Waals surface area contributed by atoms with Gasteiger partial charge >= 0.3 is 0 Å². The molecule has 1 saturated heterocycles. The number of hydrogen-bond donors (Lipinski definition) is 0. The maximum absolute atomic E-state index is 4.75. The summed E-state index contributed by atoms with van der Waals surface area (Å²) in [5.74, 6) is 0.782. The lowest BCUT2D eigenvalue weighted by Gasteiger charge is -2.35. The SMILES string of the molecule is CN(C)c1nccc([C@@H]2CCCCN2Cc2cnn(C)c2)n1. The largest absolute Gasteiger partial charge is 0.347 e. The van der Waals surface area contributed by atoms with E-state index in [1.54, 1.807) is 0 Å². The minimum atomic E-state index is 0.371. The summed E-state index contributed by atoms with van der Waals surface area (Å²) in [6.45, 7) is 2.04. The topological polar surface area (TPSA) is 50.1 Å². The Morgan fingerprint density at radius 1 is 1.32 bits per heavy atom. The first-order chi connectivity index (χ1) is 10.6. The smallest absolute Gasteiger partial charge is 0.225 e. The van der Waals surface area contributed by atoms with Crippen molar-refractivity contribution in [2.75, 3.05) is 25.5 Å². The Balaban J connectivity index is 1.81. The Hall–Kier alpha value is -1.95. The summed E-state index contributed by atoms with van der Waals surface area (Å²) in [6.07, 6.45) is 9.59. The van der Waals surface area contributed by atoms with E-state index in [4.69, 9.17) is 4.98 Å². The number of aromatic nitrogens is 4. The molecular formula is C16H24N6. The molecule has 0 unspecified atom stereocenters. The van der Waals surface area contributed by atoms with Gasteiger partial charge in [0, 0.05) is 45.6 Å². The first kappa shape index (κ1) is 15.0. The van der Waals surface area contributed by atoms with Gasteiger partial charge in [0.2, 0.25) is 5.95 Å². The average molecular weight is 300 g/mol. The first-order valence-corrected chi connectivity index (χ1v) is 7.85. The molecule has 0 N–H and O–H groups in total. The van der Waals surface area contributed by atoms with Crippen molar-refractivity contribution >= 4 is 5.95 Å². The van der Waals surface area contributed by atoms with Crippen LogP contribution in [0.2, 0.25) is 0 Å². The molecule has 22 heavy (non-hydrogen) atoms. The predicted molar refractivity (Wildman–Crippen MR) is 86.6 cm³/mol. The summed E-state index contributed by atoms with van der Waals surface area (Å²) in [4.78, 5) is 13.5. The molecule has 2 aromatic rings. The van der Waals surface area contributed by atoms with Crippen LogP contribution in [-0.2, 0) is 13.6 Å². The lowest BCUT2D eigenvalue weighted by Crippen LogP contribution is -2.33. The van der Waals surface area contributed by atoms with E-state index < -0.39 is 0 Å². The van der Waals surface area contributed by atoms with E-state index in [0.29, 0.717) is 6.04 Å². The van der Waals surface area contributed by atoms with Crippen LogP contribution >= 0.6 is 0 Å². The second-order valence-corrected chi connectivity index (χ2v) is 6.18. The van der Waals surface area contributed by atoms with Crippen LogP contribution in [-0.4, -0.2) is 45.3 Å². The number of piperidine rings is 1. The number of hydrogen-bond acceptors (Lipinski definition) is 5. The predicted octanol–water partition coefficient (Wildman–Crippen LogP) is 2.00. The third-order valence-corrected chi connectivity index (χ3v) is 4.16. The van der Waals surface area contributed by atoms with Gasteiger partial charge < -0.3 is 4.90 Å². The van der Waals surface area contributed by atoms with E-state index in [0.717, 1.165) is 31.2 Å². The van der Waals surface area contributed by atoms with E-state index in [2.05, 4.69) is 27.2 Å². The van der Waals surface area contributed by atoms with Crippen molar-refractivity contribution in [3.05, 3.63) is 35.9 Å².